The molecule has 0 aromatic heterocycles. The molecule has 0 aliphatic heterocycles. The zero-order valence-electron chi connectivity index (χ0n) is 17.2. The molecule has 1 amide bonds. The third-order valence-corrected chi connectivity index (χ3v) is 4.63. The van der Waals surface area contributed by atoms with Gasteiger partial charge in [-0.2, -0.15) is 0 Å². The third kappa shape index (κ3) is 5.31. The zero-order chi connectivity index (χ0) is 21.5. The molecule has 0 heterocycles. The van der Waals surface area contributed by atoms with Crippen LogP contribution in [0.3, 0.4) is 0 Å². The van der Waals surface area contributed by atoms with Crippen molar-refractivity contribution in [2.24, 2.45) is 0 Å². The average molecular weight is 411 g/mol. The Balaban J connectivity index is 1.78. The number of nitrogens with one attached hydrogen (secondary N) is 1. The standard InChI is InChI=1S/C23H25NO6/c1-27-18-14-20(29-3)19(28-2)13-16(18)9-12-21(25)30-22(15-7-5-4-6-8-15)23(26)24-17-10-11-17/h4-9,12-14,17,22H,10-11H2,1-3H3,(H,24,26)/b12-9+/t22-/m0/s1. The maximum absolute atomic E-state index is 12.6. The molecule has 7 heteroatoms. The molecule has 1 N–H and O–H groups in total. The van der Waals surface area contributed by atoms with Crippen molar-refractivity contribution in [2.75, 3.05) is 21.3 Å². The van der Waals surface area contributed by atoms with Crippen LogP contribution < -0.4 is 19.5 Å². The van der Waals surface area contributed by atoms with Crippen LogP contribution >= 0.6 is 0 Å². The largest absolute Gasteiger partial charge is 0.496 e. The summed E-state index contributed by atoms with van der Waals surface area (Å²) >= 11 is 0. The fraction of sp³-hybridized carbons (Fsp3) is 0.304. The molecule has 2 aromatic carbocycles. The summed E-state index contributed by atoms with van der Waals surface area (Å²) in [7, 11) is 4.57. The molecule has 0 saturated heterocycles. The second-order valence-corrected chi connectivity index (χ2v) is 6.79. The van der Waals surface area contributed by atoms with E-state index in [0.717, 1.165) is 12.8 Å². The molecule has 30 heavy (non-hydrogen) atoms. The molecular weight excluding hydrogens is 386 g/mol. The minimum absolute atomic E-state index is 0.161. The highest BCUT2D eigenvalue weighted by Gasteiger charge is 2.30. The Morgan fingerprint density at radius 2 is 1.60 bits per heavy atom. The lowest BCUT2D eigenvalue weighted by Crippen LogP contribution is -2.33. The average Bonchev–Trinajstić information content (AvgIpc) is 3.59. The number of hydrogen-bond donors (Lipinski definition) is 1. The summed E-state index contributed by atoms with van der Waals surface area (Å²) in [6, 6.07) is 12.5. The first-order valence-corrected chi connectivity index (χ1v) is 9.59. The lowest BCUT2D eigenvalue weighted by molar-refractivity contribution is -0.151. The van der Waals surface area contributed by atoms with Gasteiger partial charge in [0.1, 0.15) is 5.75 Å². The van der Waals surface area contributed by atoms with Gasteiger partial charge in [0, 0.05) is 29.3 Å². The van der Waals surface area contributed by atoms with Gasteiger partial charge in [-0.3, -0.25) is 4.79 Å². The molecule has 3 rings (SSSR count). The smallest absolute Gasteiger partial charge is 0.331 e. The van der Waals surface area contributed by atoms with Crippen LogP contribution in [0.1, 0.15) is 30.1 Å². The number of esters is 1. The van der Waals surface area contributed by atoms with Crippen molar-refractivity contribution in [2.45, 2.75) is 25.0 Å². The second kappa shape index (κ2) is 9.82. The van der Waals surface area contributed by atoms with E-state index in [1.807, 2.05) is 6.07 Å². The van der Waals surface area contributed by atoms with Gasteiger partial charge in [-0.1, -0.05) is 30.3 Å². The Morgan fingerprint density at radius 3 is 2.20 bits per heavy atom. The van der Waals surface area contributed by atoms with Crippen molar-refractivity contribution in [3.8, 4) is 17.2 Å². The summed E-state index contributed by atoms with van der Waals surface area (Å²) < 4.78 is 21.4. The Morgan fingerprint density at radius 1 is 0.967 bits per heavy atom. The summed E-state index contributed by atoms with van der Waals surface area (Å²) in [4.78, 5) is 25.1. The number of ether oxygens (including phenoxy) is 4. The summed E-state index contributed by atoms with van der Waals surface area (Å²) in [5.41, 5.74) is 1.21. The van der Waals surface area contributed by atoms with Crippen molar-refractivity contribution in [1.29, 1.82) is 0 Å². The van der Waals surface area contributed by atoms with Crippen LogP contribution in [0, 0.1) is 0 Å². The van der Waals surface area contributed by atoms with Crippen molar-refractivity contribution in [1.82, 2.24) is 5.32 Å². The van der Waals surface area contributed by atoms with Crippen LogP contribution in [0.25, 0.3) is 6.08 Å². The van der Waals surface area contributed by atoms with E-state index in [2.05, 4.69) is 5.32 Å². The normalized spacial score (nSPS) is 14.1. The van der Waals surface area contributed by atoms with Gasteiger partial charge in [-0.25, -0.2) is 4.79 Å². The lowest BCUT2D eigenvalue weighted by Gasteiger charge is -2.17. The first kappa shape index (κ1) is 21.2. The van der Waals surface area contributed by atoms with E-state index in [1.165, 1.54) is 27.4 Å². The van der Waals surface area contributed by atoms with Crippen LogP contribution in [0.5, 0.6) is 17.2 Å². The molecule has 1 aliphatic carbocycles. The molecule has 0 bridgehead atoms. The number of hydrogen-bond acceptors (Lipinski definition) is 6. The van der Waals surface area contributed by atoms with E-state index >= 15 is 0 Å². The quantitative estimate of drug-likeness (QED) is 0.504. The van der Waals surface area contributed by atoms with Crippen molar-refractivity contribution in [3.63, 3.8) is 0 Å². The van der Waals surface area contributed by atoms with Crippen molar-refractivity contribution in [3.05, 3.63) is 59.7 Å². The molecule has 7 nitrogen and oxygen atoms in total. The van der Waals surface area contributed by atoms with Gasteiger partial charge in [0.2, 0.25) is 6.10 Å². The second-order valence-electron chi connectivity index (χ2n) is 6.79. The van der Waals surface area contributed by atoms with Crippen LogP contribution in [0.15, 0.2) is 48.5 Å². The van der Waals surface area contributed by atoms with Crippen molar-refractivity contribution >= 4 is 18.0 Å². The van der Waals surface area contributed by atoms with Gasteiger partial charge in [0.15, 0.2) is 11.5 Å². The summed E-state index contributed by atoms with van der Waals surface area (Å²) in [6.07, 6.45) is 3.67. The Labute approximate surface area is 175 Å². The SMILES string of the molecule is COc1cc(OC)c(OC)cc1/C=C/C(=O)O[C@H](C(=O)NC1CC1)c1ccccc1. The monoisotopic (exact) mass is 411 g/mol. The van der Waals surface area contributed by atoms with E-state index < -0.39 is 12.1 Å². The molecular formula is C23H25NO6. The summed E-state index contributed by atoms with van der Waals surface area (Å²) in [5, 5.41) is 2.89. The van der Waals surface area contributed by atoms with Gasteiger partial charge in [0.05, 0.1) is 21.3 Å². The Bertz CT molecular complexity index is 921. The van der Waals surface area contributed by atoms with Crippen molar-refractivity contribution < 1.29 is 28.5 Å². The van der Waals surface area contributed by atoms with Crippen LogP contribution in [0.4, 0.5) is 0 Å². The van der Waals surface area contributed by atoms with E-state index in [1.54, 1.807) is 42.5 Å². The summed E-state index contributed by atoms with van der Waals surface area (Å²) in [6.45, 7) is 0. The third-order valence-electron chi connectivity index (χ3n) is 4.63. The van der Waals surface area contributed by atoms with Gasteiger partial charge < -0.3 is 24.3 Å². The van der Waals surface area contributed by atoms with Crippen LogP contribution in [-0.2, 0) is 14.3 Å². The molecule has 1 saturated carbocycles. The zero-order valence-corrected chi connectivity index (χ0v) is 17.2. The number of methoxy groups -OCH3 is 3. The Kier molecular flexibility index (Phi) is 6.95. The van der Waals surface area contributed by atoms with Crippen LogP contribution in [0.2, 0.25) is 0 Å². The Hall–Kier alpha value is -3.48. The van der Waals surface area contributed by atoms with E-state index in [-0.39, 0.29) is 11.9 Å². The minimum Gasteiger partial charge on any atom is -0.496 e. The fourth-order valence-corrected chi connectivity index (χ4v) is 2.90. The predicted molar refractivity (Wildman–Crippen MR) is 112 cm³/mol. The van der Waals surface area contributed by atoms with Crippen LogP contribution in [-0.4, -0.2) is 39.2 Å². The van der Waals surface area contributed by atoms with Gasteiger partial charge >= 0.3 is 5.97 Å². The van der Waals surface area contributed by atoms with Gasteiger partial charge in [0.25, 0.3) is 5.91 Å². The highest BCUT2D eigenvalue weighted by molar-refractivity contribution is 5.91. The molecule has 158 valence electrons. The molecule has 2 aromatic rings. The van der Waals surface area contributed by atoms with E-state index in [0.29, 0.717) is 28.4 Å². The number of rotatable bonds is 9. The molecule has 1 fully saturated rings. The first-order valence-electron chi connectivity index (χ1n) is 9.59. The fourth-order valence-electron chi connectivity index (χ4n) is 2.90. The minimum atomic E-state index is -1.02. The predicted octanol–water partition coefficient (Wildman–Crippen LogP) is 3.29. The molecule has 1 aliphatic rings. The summed E-state index contributed by atoms with van der Waals surface area (Å²) in [5.74, 6) is 0.538. The highest BCUT2D eigenvalue weighted by Crippen LogP contribution is 2.35. The van der Waals surface area contributed by atoms with Gasteiger partial charge in [-0.15, -0.1) is 0 Å². The van der Waals surface area contributed by atoms with Gasteiger partial charge in [-0.05, 0) is 25.0 Å². The lowest BCUT2D eigenvalue weighted by atomic mass is 10.1. The number of benzene rings is 2. The van der Waals surface area contributed by atoms with E-state index in [4.69, 9.17) is 18.9 Å². The first-order chi connectivity index (χ1) is 14.5. The highest BCUT2D eigenvalue weighted by atomic mass is 16.5. The van der Waals surface area contributed by atoms with E-state index in [9.17, 15) is 9.59 Å². The topological polar surface area (TPSA) is 83.1 Å². The maximum atomic E-state index is 12.6. The molecule has 0 spiro atoms. The number of carbonyl (C=O) groups is 2. The molecule has 0 radical (unpaired) electrons. The number of carbonyl (C=O) groups excluding carboxylic acids is 2. The molecule has 1 atom stereocenters. The molecule has 0 unspecified atom stereocenters. The number of amides is 1. The maximum Gasteiger partial charge on any atom is 0.331 e.